The van der Waals surface area contributed by atoms with Gasteiger partial charge in [-0.05, 0) is 24.8 Å². The first-order valence-electron chi connectivity index (χ1n) is 6.05. The van der Waals surface area contributed by atoms with Crippen LogP contribution in [-0.4, -0.2) is 9.97 Å². The van der Waals surface area contributed by atoms with Gasteiger partial charge in [0.05, 0.1) is 5.39 Å². The number of hydrogen-bond acceptors (Lipinski definition) is 5. The zero-order valence-corrected chi connectivity index (χ0v) is 12.4. The number of thiophene rings is 1. The Labute approximate surface area is 112 Å². The maximum atomic E-state index is 5.59. The molecule has 0 spiro atoms. The minimum absolute atomic E-state index is 0.168. The van der Waals surface area contributed by atoms with E-state index in [1.54, 1.807) is 11.3 Å². The standard InChI is InChI=1S/C13H20N4S/c1-7-8(2)18-12-10(7)11(17-14)15-9(16-12)6-13(3,4)5/h6,14H2,1-5H3,(H,15,16,17). The predicted octanol–water partition coefficient (Wildman–Crippen LogP) is 3.18. The van der Waals surface area contributed by atoms with E-state index in [1.165, 1.54) is 10.4 Å². The molecule has 2 rings (SSSR count). The number of hydrazine groups is 1. The van der Waals surface area contributed by atoms with Gasteiger partial charge in [0.1, 0.15) is 10.7 Å². The Morgan fingerprint density at radius 2 is 1.89 bits per heavy atom. The lowest BCUT2D eigenvalue weighted by atomic mass is 9.92. The molecule has 0 aliphatic carbocycles. The summed E-state index contributed by atoms with van der Waals surface area (Å²) in [5, 5.41) is 1.05. The number of aryl methyl sites for hydroxylation is 2. The van der Waals surface area contributed by atoms with Gasteiger partial charge in [0.25, 0.3) is 0 Å². The van der Waals surface area contributed by atoms with E-state index in [4.69, 9.17) is 5.84 Å². The highest BCUT2D eigenvalue weighted by Gasteiger charge is 2.18. The van der Waals surface area contributed by atoms with Crippen molar-refractivity contribution in [3.8, 4) is 0 Å². The first-order valence-corrected chi connectivity index (χ1v) is 6.86. The highest BCUT2D eigenvalue weighted by atomic mass is 32.1. The van der Waals surface area contributed by atoms with Gasteiger partial charge in [0.15, 0.2) is 5.82 Å². The Morgan fingerprint density at radius 3 is 2.44 bits per heavy atom. The van der Waals surface area contributed by atoms with E-state index in [1.807, 2.05) is 0 Å². The Bertz CT molecular complexity index is 581. The van der Waals surface area contributed by atoms with Gasteiger partial charge in [0.2, 0.25) is 0 Å². The van der Waals surface area contributed by atoms with Crippen LogP contribution in [0.2, 0.25) is 0 Å². The molecule has 4 nitrogen and oxygen atoms in total. The Kier molecular flexibility index (Phi) is 3.29. The highest BCUT2D eigenvalue weighted by molar-refractivity contribution is 7.18. The van der Waals surface area contributed by atoms with Crippen molar-refractivity contribution < 1.29 is 0 Å². The molecule has 98 valence electrons. The van der Waals surface area contributed by atoms with E-state index >= 15 is 0 Å². The quantitative estimate of drug-likeness (QED) is 0.646. The number of fused-ring (bicyclic) bond motifs is 1. The van der Waals surface area contributed by atoms with Crippen molar-refractivity contribution in [1.82, 2.24) is 9.97 Å². The van der Waals surface area contributed by atoms with E-state index in [2.05, 4.69) is 50.0 Å². The van der Waals surface area contributed by atoms with Crippen LogP contribution in [0.3, 0.4) is 0 Å². The van der Waals surface area contributed by atoms with Gasteiger partial charge >= 0.3 is 0 Å². The lowest BCUT2D eigenvalue weighted by Gasteiger charge is -2.17. The van der Waals surface area contributed by atoms with Crippen molar-refractivity contribution in [2.75, 3.05) is 5.43 Å². The third-order valence-corrected chi connectivity index (χ3v) is 4.00. The minimum atomic E-state index is 0.168. The molecule has 0 saturated heterocycles. The van der Waals surface area contributed by atoms with E-state index in [0.717, 1.165) is 28.3 Å². The molecule has 2 aromatic rings. The van der Waals surface area contributed by atoms with Gasteiger partial charge in [-0.25, -0.2) is 15.8 Å². The van der Waals surface area contributed by atoms with Crippen molar-refractivity contribution in [1.29, 1.82) is 0 Å². The third kappa shape index (κ3) is 2.47. The van der Waals surface area contributed by atoms with Gasteiger partial charge in [0, 0.05) is 11.3 Å². The number of nitrogens with one attached hydrogen (secondary N) is 1. The number of aromatic nitrogens is 2. The zero-order chi connectivity index (χ0) is 13.5. The van der Waals surface area contributed by atoms with Crippen molar-refractivity contribution in [2.24, 2.45) is 11.3 Å². The number of hydrogen-bond donors (Lipinski definition) is 2. The molecule has 0 radical (unpaired) electrons. The van der Waals surface area contributed by atoms with Crippen LogP contribution in [0.4, 0.5) is 5.82 Å². The first-order chi connectivity index (χ1) is 8.31. The summed E-state index contributed by atoms with van der Waals surface area (Å²) in [5.41, 5.74) is 4.09. The monoisotopic (exact) mass is 264 g/mol. The number of anilines is 1. The van der Waals surface area contributed by atoms with Crippen molar-refractivity contribution in [3.05, 3.63) is 16.3 Å². The molecule has 0 amide bonds. The summed E-state index contributed by atoms with van der Waals surface area (Å²) in [5.74, 6) is 7.18. The lowest BCUT2D eigenvalue weighted by molar-refractivity contribution is 0.401. The van der Waals surface area contributed by atoms with E-state index in [0.29, 0.717) is 0 Å². The van der Waals surface area contributed by atoms with Crippen LogP contribution in [0.5, 0.6) is 0 Å². The maximum absolute atomic E-state index is 5.59. The minimum Gasteiger partial charge on any atom is -0.308 e. The summed E-state index contributed by atoms with van der Waals surface area (Å²) in [6.45, 7) is 10.7. The number of nitrogen functional groups attached to an aromatic ring is 1. The van der Waals surface area contributed by atoms with Gasteiger partial charge in [-0.1, -0.05) is 20.8 Å². The summed E-state index contributed by atoms with van der Waals surface area (Å²) < 4.78 is 0. The Morgan fingerprint density at radius 1 is 1.22 bits per heavy atom. The molecule has 0 aliphatic heterocycles. The van der Waals surface area contributed by atoms with Crippen molar-refractivity contribution in [3.63, 3.8) is 0 Å². The Balaban J connectivity index is 2.60. The van der Waals surface area contributed by atoms with Crippen LogP contribution in [0.15, 0.2) is 0 Å². The largest absolute Gasteiger partial charge is 0.308 e. The molecule has 0 aliphatic rings. The average molecular weight is 264 g/mol. The average Bonchev–Trinajstić information content (AvgIpc) is 2.51. The fourth-order valence-corrected chi connectivity index (χ4v) is 3.00. The van der Waals surface area contributed by atoms with E-state index in [-0.39, 0.29) is 5.41 Å². The summed E-state index contributed by atoms with van der Waals surface area (Å²) >= 11 is 1.70. The molecule has 0 atom stereocenters. The van der Waals surface area contributed by atoms with Crippen molar-refractivity contribution in [2.45, 2.75) is 41.0 Å². The second-order valence-electron chi connectivity index (χ2n) is 5.83. The number of nitrogens with two attached hydrogens (primary N) is 1. The van der Waals surface area contributed by atoms with E-state index in [9.17, 15) is 0 Å². The molecule has 2 aromatic heterocycles. The van der Waals surface area contributed by atoms with Gasteiger partial charge in [-0.15, -0.1) is 11.3 Å². The second-order valence-corrected chi connectivity index (χ2v) is 7.04. The van der Waals surface area contributed by atoms with Crippen LogP contribution in [0.1, 0.15) is 37.0 Å². The predicted molar refractivity (Wildman–Crippen MR) is 77.9 cm³/mol. The van der Waals surface area contributed by atoms with E-state index < -0.39 is 0 Å². The topological polar surface area (TPSA) is 63.8 Å². The SMILES string of the molecule is Cc1sc2nc(CC(C)(C)C)nc(NN)c2c1C. The summed E-state index contributed by atoms with van der Waals surface area (Å²) in [6.07, 6.45) is 0.841. The highest BCUT2D eigenvalue weighted by Crippen LogP contribution is 2.33. The van der Waals surface area contributed by atoms with Crippen LogP contribution >= 0.6 is 11.3 Å². The van der Waals surface area contributed by atoms with Crippen LogP contribution in [0, 0.1) is 19.3 Å². The molecule has 0 unspecified atom stereocenters. The molecule has 0 fully saturated rings. The molecular weight excluding hydrogens is 244 g/mol. The first kappa shape index (κ1) is 13.2. The smallest absolute Gasteiger partial charge is 0.152 e. The summed E-state index contributed by atoms with van der Waals surface area (Å²) in [4.78, 5) is 11.5. The third-order valence-electron chi connectivity index (χ3n) is 2.90. The van der Waals surface area contributed by atoms with Gasteiger partial charge in [-0.2, -0.15) is 0 Å². The van der Waals surface area contributed by atoms with Gasteiger partial charge < -0.3 is 5.43 Å². The second kappa shape index (κ2) is 4.48. The van der Waals surface area contributed by atoms with Crippen molar-refractivity contribution >= 4 is 27.4 Å². The summed E-state index contributed by atoms with van der Waals surface area (Å²) in [6, 6.07) is 0. The normalized spacial score (nSPS) is 12.1. The molecule has 5 heteroatoms. The van der Waals surface area contributed by atoms with Gasteiger partial charge in [-0.3, -0.25) is 0 Å². The fourth-order valence-electron chi connectivity index (χ4n) is 1.95. The summed E-state index contributed by atoms with van der Waals surface area (Å²) in [7, 11) is 0. The number of nitrogens with zero attached hydrogens (tertiary/aromatic N) is 2. The number of rotatable bonds is 2. The fraction of sp³-hybridized carbons (Fsp3) is 0.538. The zero-order valence-electron chi connectivity index (χ0n) is 11.6. The molecule has 3 N–H and O–H groups in total. The lowest BCUT2D eigenvalue weighted by Crippen LogP contribution is -2.15. The van der Waals surface area contributed by atoms with Crippen LogP contribution in [0.25, 0.3) is 10.2 Å². The molecule has 18 heavy (non-hydrogen) atoms. The molecular formula is C13H20N4S. The van der Waals surface area contributed by atoms with Crippen LogP contribution in [-0.2, 0) is 6.42 Å². The maximum Gasteiger partial charge on any atom is 0.152 e. The molecule has 0 bridgehead atoms. The Hall–Kier alpha value is -1.20. The van der Waals surface area contributed by atoms with Crippen LogP contribution < -0.4 is 11.3 Å². The molecule has 0 saturated carbocycles. The molecule has 2 heterocycles. The molecule has 0 aromatic carbocycles.